The maximum Gasteiger partial charge on any atom is 0.416 e. The van der Waals surface area contributed by atoms with Crippen molar-refractivity contribution >= 4 is 0 Å². The van der Waals surface area contributed by atoms with Crippen molar-refractivity contribution in [2.75, 3.05) is 26.2 Å². The number of halogens is 4. The molecule has 6 heteroatoms. The summed E-state index contributed by atoms with van der Waals surface area (Å²) in [6.45, 7) is 4.62. The first kappa shape index (κ1) is 14.3. The Morgan fingerprint density at radius 2 is 1.84 bits per heavy atom. The lowest BCUT2D eigenvalue weighted by molar-refractivity contribution is -0.139. The highest BCUT2D eigenvalue weighted by Gasteiger charge is 2.36. The molecule has 1 aliphatic heterocycles. The molecule has 1 atom stereocenters. The number of nitrogens with zero attached hydrogens (tertiary/aromatic N) is 1. The van der Waals surface area contributed by atoms with E-state index in [1.165, 1.54) is 6.07 Å². The molecule has 2 rings (SSSR count). The van der Waals surface area contributed by atoms with Crippen LogP contribution in [0.25, 0.3) is 0 Å². The Hall–Kier alpha value is -1.14. The third-order valence-electron chi connectivity index (χ3n) is 3.47. The molecule has 0 unspecified atom stereocenters. The van der Waals surface area contributed by atoms with Crippen molar-refractivity contribution in [3.05, 3.63) is 35.1 Å². The fourth-order valence-corrected chi connectivity index (χ4v) is 2.40. The van der Waals surface area contributed by atoms with Crippen LogP contribution in [0, 0.1) is 5.82 Å². The van der Waals surface area contributed by atoms with E-state index in [2.05, 4.69) is 5.32 Å². The van der Waals surface area contributed by atoms with Gasteiger partial charge in [-0.1, -0.05) is 6.07 Å². The van der Waals surface area contributed by atoms with Gasteiger partial charge in [0.15, 0.2) is 0 Å². The van der Waals surface area contributed by atoms with Gasteiger partial charge in [-0.3, -0.25) is 4.90 Å². The van der Waals surface area contributed by atoms with Crippen LogP contribution in [-0.4, -0.2) is 31.1 Å². The van der Waals surface area contributed by atoms with E-state index in [0.717, 1.165) is 19.2 Å². The number of nitrogens with one attached hydrogen (secondary N) is 1. The zero-order valence-corrected chi connectivity index (χ0v) is 10.6. The van der Waals surface area contributed by atoms with E-state index in [1.807, 2.05) is 4.90 Å². The third kappa shape index (κ3) is 3.25. The summed E-state index contributed by atoms with van der Waals surface area (Å²) in [6, 6.07) is 2.53. The fourth-order valence-electron chi connectivity index (χ4n) is 2.40. The quantitative estimate of drug-likeness (QED) is 0.836. The number of benzene rings is 1. The molecule has 0 radical (unpaired) electrons. The predicted molar refractivity (Wildman–Crippen MR) is 64.3 cm³/mol. The Bertz CT molecular complexity index is 439. The van der Waals surface area contributed by atoms with E-state index in [4.69, 9.17) is 0 Å². The van der Waals surface area contributed by atoms with Crippen LogP contribution in [0.2, 0.25) is 0 Å². The van der Waals surface area contributed by atoms with Gasteiger partial charge in [0.25, 0.3) is 0 Å². The van der Waals surface area contributed by atoms with Crippen LogP contribution in [0.4, 0.5) is 17.6 Å². The average Bonchev–Trinajstić information content (AvgIpc) is 2.38. The Morgan fingerprint density at radius 1 is 1.21 bits per heavy atom. The minimum absolute atomic E-state index is 0.135. The van der Waals surface area contributed by atoms with E-state index in [-0.39, 0.29) is 11.6 Å². The molecule has 0 spiro atoms. The maximum absolute atomic E-state index is 13.1. The second-order valence-corrected chi connectivity index (χ2v) is 4.69. The van der Waals surface area contributed by atoms with Gasteiger partial charge in [0.2, 0.25) is 0 Å². The van der Waals surface area contributed by atoms with Crippen molar-refractivity contribution in [2.45, 2.75) is 19.1 Å². The van der Waals surface area contributed by atoms with Crippen molar-refractivity contribution in [1.29, 1.82) is 0 Å². The molecular weight excluding hydrogens is 260 g/mol. The summed E-state index contributed by atoms with van der Waals surface area (Å²) in [7, 11) is 0. The zero-order valence-electron chi connectivity index (χ0n) is 10.6. The Balaban J connectivity index is 2.32. The molecule has 1 aromatic rings. The van der Waals surface area contributed by atoms with Crippen molar-refractivity contribution in [3.8, 4) is 0 Å². The van der Waals surface area contributed by atoms with E-state index >= 15 is 0 Å². The minimum atomic E-state index is -4.53. The summed E-state index contributed by atoms with van der Waals surface area (Å²) in [6.07, 6.45) is -4.53. The van der Waals surface area contributed by atoms with Crippen molar-refractivity contribution in [3.63, 3.8) is 0 Å². The summed E-state index contributed by atoms with van der Waals surface area (Å²) in [4.78, 5) is 1.97. The van der Waals surface area contributed by atoms with Crippen LogP contribution < -0.4 is 5.32 Å². The lowest BCUT2D eigenvalue weighted by Crippen LogP contribution is -2.44. The molecule has 0 saturated carbocycles. The maximum atomic E-state index is 13.1. The van der Waals surface area contributed by atoms with Crippen LogP contribution in [0.15, 0.2) is 18.2 Å². The Morgan fingerprint density at radius 3 is 2.42 bits per heavy atom. The topological polar surface area (TPSA) is 15.3 Å². The predicted octanol–water partition coefficient (Wildman–Crippen LogP) is 2.81. The highest BCUT2D eigenvalue weighted by Crippen LogP contribution is 2.36. The standard InChI is InChI=1S/C13H16F4N2/c1-9(19-6-4-18-5-7-19)11-3-2-10(14)8-12(11)13(15,16)17/h2-3,8-9,18H,4-7H2,1H3/t9-/m1/s1. The SMILES string of the molecule is C[C@H](c1ccc(F)cc1C(F)(F)F)N1CCNCC1. The first-order chi connectivity index (χ1) is 8.89. The van der Waals surface area contributed by atoms with Crippen molar-refractivity contribution in [1.82, 2.24) is 10.2 Å². The Labute approximate surface area is 109 Å². The van der Waals surface area contributed by atoms with Gasteiger partial charge in [0, 0.05) is 32.2 Å². The number of hydrogen-bond donors (Lipinski definition) is 1. The van der Waals surface area contributed by atoms with Crippen LogP contribution >= 0.6 is 0 Å². The highest BCUT2D eigenvalue weighted by molar-refractivity contribution is 5.33. The summed E-state index contributed by atoms with van der Waals surface area (Å²) >= 11 is 0. The number of alkyl halides is 3. The molecule has 0 aliphatic carbocycles. The lowest BCUT2D eigenvalue weighted by atomic mass is 9.99. The summed E-state index contributed by atoms with van der Waals surface area (Å²) in [5, 5.41) is 3.15. The lowest BCUT2D eigenvalue weighted by Gasteiger charge is -2.34. The van der Waals surface area contributed by atoms with E-state index < -0.39 is 17.6 Å². The Kier molecular flexibility index (Phi) is 4.10. The monoisotopic (exact) mass is 276 g/mol. The molecule has 106 valence electrons. The average molecular weight is 276 g/mol. The fraction of sp³-hybridized carbons (Fsp3) is 0.538. The van der Waals surface area contributed by atoms with E-state index in [0.29, 0.717) is 19.2 Å². The largest absolute Gasteiger partial charge is 0.416 e. The number of rotatable bonds is 2. The number of hydrogen-bond acceptors (Lipinski definition) is 2. The molecule has 19 heavy (non-hydrogen) atoms. The summed E-state index contributed by atoms with van der Waals surface area (Å²) in [5.41, 5.74) is -0.741. The van der Waals surface area contributed by atoms with Gasteiger partial charge in [-0.15, -0.1) is 0 Å². The smallest absolute Gasteiger partial charge is 0.314 e. The molecule has 1 fully saturated rings. The molecule has 1 saturated heterocycles. The molecule has 0 amide bonds. The second kappa shape index (κ2) is 5.46. The first-order valence-corrected chi connectivity index (χ1v) is 6.21. The molecule has 1 aliphatic rings. The molecule has 1 N–H and O–H groups in total. The zero-order chi connectivity index (χ0) is 14.0. The summed E-state index contributed by atoms with van der Waals surface area (Å²) in [5.74, 6) is -0.858. The van der Waals surface area contributed by atoms with Crippen molar-refractivity contribution in [2.24, 2.45) is 0 Å². The second-order valence-electron chi connectivity index (χ2n) is 4.69. The normalized spacial score (nSPS) is 19.4. The molecule has 1 heterocycles. The summed E-state index contributed by atoms with van der Waals surface area (Å²) < 4.78 is 51.9. The molecular formula is C13H16F4N2. The van der Waals surface area contributed by atoms with Crippen LogP contribution in [0.5, 0.6) is 0 Å². The molecule has 0 bridgehead atoms. The van der Waals surface area contributed by atoms with Crippen LogP contribution in [0.3, 0.4) is 0 Å². The van der Waals surface area contributed by atoms with E-state index in [9.17, 15) is 17.6 Å². The minimum Gasteiger partial charge on any atom is -0.314 e. The van der Waals surface area contributed by atoms with Gasteiger partial charge >= 0.3 is 6.18 Å². The van der Waals surface area contributed by atoms with Gasteiger partial charge in [-0.05, 0) is 24.6 Å². The van der Waals surface area contributed by atoms with Gasteiger partial charge in [-0.25, -0.2) is 4.39 Å². The van der Waals surface area contributed by atoms with Crippen molar-refractivity contribution < 1.29 is 17.6 Å². The molecule has 0 aromatic heterocycles. The van der Waals surface area contributed by atoms with Gasteiger partial charge in [0.05, 0.1) is 5.56 Å². The third-order valence-corrected chi connectivity index (χ3v) is 3.47. The molecule has 2 nitrogen and oxygen atoms in total. The van der Waals surface area contributed by atoms with Gasteiger partial charge in [0.1, 0.15) is 5.82 Å². The van der Waals surface area contributed by atoms with Gasteiger partial charge < -0.3 is 5.32 Å². The van der Waals surface area contributed by atoms with Crippen LogP contribution in [-0.2, 0) is 6.18 Å². The van der Waals surface area contributed by atoms with E-state index in [1.54, 1.807) is 6.92 Å². The van der Waals surface area contributed by atoms with Gasteiger partial charge in [-0.2, -0.15) is 13.2 Å². The number of piperazine rings is 1. The van der Waals surface area contributed by atoms with Crippen LogP contribution in [0.1, 0.15) is 24.1 Å². The first-order valence-electron chi connectivity index (χ1n) is 6.21. The molecule has 1 aromatic carbocycles. The highest BCUT2D eigenvalue weighted by atomic mass is 19.4.